The number of alkyl halides is 3. The van der Waals surface area contributed by atoms with E-state index >= 15 is 0 Å². The molecule has 2 amide bonds. The van der Waals surface area contributed by atoms with Crippen molar-refractivity contribution in [2.45, 2.75) is 20.0 Å². The van der Waals surface area contributed by atoms with E-state index in [0.29, 0.717) is 17.8 Å². The van der Waals surface area contributed by atoms with E-state index in [4.69, 9.17) is 0 Å². The highest BCUT2D eigenvalue weighted by molar-refractivity contribution is 6.00. The van der Waals surface area contributed by atoms with Gasteiger partial charge in [-0.25, -0.2) is 0 Å². The molecule has 0 saturated carbocycles. The smallest absolute Gasteiger partial charge is 0.376 e. The Kier molecular flexibility index (Phi) is 6.87. The Balaban J connectivity index is 2.60. The minimum atomic E-state index is -4.45. The Morgan fingerprint density at radius 2 is 1.78 bits per heavy atom. The van der Waals surface area contributed by atoms with Gasteiger partial charge < -0.3 is 16.0 Å². The molecule has 0 unspecified atom stereocenters. The average Bonchev–Trinajstić information content (AvgIpc) is 2.48. The molecule has 1 aromatic rings. The summed E-state index contributed by atoms with van der Waals surface area (Å²) in [5, 5.41) is 7.18. The van der Waals surface area contributed by atoms with Crippen molar-refractivity contribution < 1.29 is 22.8 Å². The fraction of sp³-hybridized carbons (Fsp3) is 0.467. The van der Waals surface area contributed by atoms with Crippen LogP contribution in [0.25, 0.3) is 0 Å². The summed E-state index contributed by atoms with van der Waals surface area (Å²) in [4.78, 5) is 23.5. The highest BCUT2D eigenvalue weighted by Crippen LogP contribution is 2.15. The van der Waals surface area contributed by atoms with E-state index in [1.807, 2.05) is 13.8 Å². The second-order valence-electron chi connectivity index (χ2n) is 5.39. The van der Waals surface area contributed by atoms with E-state index < -0.39 is 18.6 Å². The van der Waals surface area contributed by atoms with Gasteiger partial charge in [0.15, 0.2) is 0 Å². The maximum absolute atomic E-state index is 12.1. The highest BCUT2D eigenvalue weighted by Gasteiger charge is 2.27. The topological polar surface area (TPSA) is 70.2 Å². The van der Waals surface area contributed by atoms with Crippen LogP contribution in [0.1, 0.15) is 24.2 Å². The molecule has 0 atom stereocenters. The van der Waals surface area contributed by atoms with Crippen LogP contribution in [-0.2, 0) is 4.79 Å². The van der Waals surface area contributed by atoms with Crippen molar-refractivity contribution in [3.05, 3.63) is 29.8 Å². The van der Waals surface area contributed by atoms with Crippen molar-refractivity contribution >= 4 is 17.5 Å². The van der Waals surface area contributed by atoms with Gasteiger partial charge in [0.25, 0.3) is 5.91 Å². The molecule has 0 aliphatic heterocycles. The second kappa shape index (κ2) is 8.40. The van der Waals surface area contributed by atoms with Gasteiger partial charge in [-0.1, -0.05) is 26.0 Å². The van der Waals surface area contributed by atoms with E-state index in [1.54, 1.807) is 29.6 Å². The summed E-state index contributed by atoms with van der Waals surface area (Å²) < 4.78 is 36.0. The third kappa shape index (κ3) is 7.53. The van der Waals surface area contributed by atoms with Gasteiger partial charge in [-0.15, -0.1) is 0 Å². The Bertz CT molecular complexity index is 545. The van der Waals surface area contributed by atoms with Gasteiger partial charge in [-0.05, 0) is 18.1 Å². The van der Waals surface area contributed by atoms with Crippen LogP contribution >= 0.6 is 0 Å². The first-order valence-corrected chi connectivity index (χ1v) is 7.13. The molecule has 128 valence electrons. The van der Waals surface area contributed by atoms with Crippen LogP contribution in [-0.4, -0.2) is 37.6 Å². The van der Waals surface area contributed by atoms with Crippen molar-refractivity contribution in [2.75, 3.05) is 25.0 Å². The maximum Gasteiger partial charge on any atom is 0.405 e. The van der Waals surface area contributed by atoms with E-state index in [0.717, 1.165) is 0 Å². The monoisotopic (exact) mass is 331 g/mol. The molecule has 0 saturated heterocycles. The molecule has 0 heterocycles. The molecule has 8 heteroatoms. The van der Waals surface area contributed by atoms with Crippen LogP contribution in [0.2, 0.25) is 0 Å². The van der Waals surface area contributed by atoms with Crippen molar-refractivity contribution in [3.63, 3.8) is 0 Å². The zero-order chi connectivity index (χ0) is 17.5. The first-order chi connectivity index (χ1) is 10.7. The average molecular weight is 331 g/mol. The van der Waals surface area contributed by atoms with Crippen LogP contribution in [0.5, 0.6) is 0 Å². The van der Waals surface area contributed by atoms with Crippen molar-refractivity contribution in [1.82, 2.24) is 10.6 Å². The van der Waals surface area contributed by atoms with Crippen LogP contribution in [0.15, 0.2) is 24.3 Å². The third-order valence-corrected chi connectivity index (χ3v) is 2.77. The second-order valence-corrected chi connectivity index (χ2v) is 5.39. The molecule has 1 aromatic carbocycles. The number of carbonyl (C=O) groups excluding carboxylic acids is 2. The SMILES string of the molecule is CC(C)CNC(=O)c1ccccc1NCC(=O)NCC(F)(F)F. The Morgan fingerprint density at radius 1 is 1.13 bits per heavy atom. The normalized spacial score (nSPS) is 11.2. The van der Waals surface area contributed by atoms with E-state index in [2.05, 4.69) is 10.6 Å². The predicted molar refractivity (Wildman–Crippen MR) is 81.2 cm³/mol. The Hall–Kier alpha value is -2.25. The van der Waals surface area contributed by atoms with Crippen LogP contribution in [0.4, 0.5) is 18.9 Å². The number of amides is 2. The molecule has 23 heavy (non-hydrogen) atoms. The van der Waals surface area contributed by atoms with Gasteiger partial charge in [0.2, 0.25) is 5.91 Å². The number of carbonyl (C=O) groups is 2. The number of rotatable bonds is 7. The molecule has 0 spiro atoms. The molecule has 0 aromatic heterocycles. The van der Waals surface area contributed by atoms with Gasteiger partial charge >= 0.3 is 6.18 Å². The standard InChI is InChI=1S/C15H20F3N3O2/c1-10(2)7-20-14(23)11-5-3-4-6-12(11)19-8-13(22)21-9-15(16,17)18/h3-6,10,19H,7-9H2,1-2H3,(H,20,23)(H,21,22). The molecule has 0 aliphatic carbocycles. The summed E-state index contributed by atoms with van der Waals surface area (Å²) in [7, 11) is 0. The number of halogens is 3. The summed E-state index contributed by atoms with van der Waals surface area (Å²) in [5.74, 6) is -0.829. The Labute approximate surface area is 132 Å². The molecule has 0 fully saturated rings. The lowest BCUT2D eigenvalue weighted by molar-refractivity contribution is -0.137. The van der Waals surface area contributed by atoms with E-state index in [9.17, 15) is 22.8 Å². The lowest BCUT2D eigenvalue weighted by atomic mass is 10.1. The lowest BCUT2D eigenvalue weighted by Crippen LogP contribution is -2.37. The summed E-state index contributed by atoms with van der Waals surface area (Å²) >= 11 is 0. The lowest BCUT2D eigenvalue weighted by Gasteiger charge is -2.13. The fourth-order valence-corrected chi connectivity index (χ4v) is 1.66. The van der Waals surface area contributed by atoms with Crippen molar-refractivity contribution in [1.29, 1.82) is 0 Å². The third-order valence-electron chi connectivity index (χ3n) is 2.77. The molecule has 0 aliphatic rings. The minimum absolute atomic E-state index is 0.284. The number of anilines is 1. The van der Waals surface area contributed by atoms with E-state index in [-0.39, 0.29) is 18.4 Å². The summed E-state index contributed by atoms with van der Waals surface area (Å²) in [6, 6.07) is 6.49. The number of hydrogen-bond donors (Lipinski definition) is 3. The van der Waals surface area contributed by atoms with E-state index in [1.165, 1.54) is 0 Å². The van der Waals surface area contributed by atoms with Gasteiger partial charge in [0.05, 0.1) is 12.1 Å². The Morgan fingerprint density at radius 3 is 2.39 bits per heavy atom. The molecule has 5 nitrogen and oxygen atoms in total. The van der Waals surface area contributed by atoms with Gasteiger partial charge in [-0.2, -0.15) is 13.2 Å². The van der Waals surface area contributed by atoms with Gasteiger partial charge in [-0.3, -0.25) is 9.59 Å². The maximum atomic E-state index is 12.1. The van der Waals surface area contributed by atoms with Crippen LogP contribution in [0, 0.1) is 5.92 Å². The fourth-order valence-electron chi connectivity index (χ4n) is 1.66. The molecule has 3 N–H and O–H groups in total. The molecule has 0 bridgehead atoms. The summed E-state index contributed by atoms with van der Waals surface area (Å²) in [6.45, 7) is 2.67. The van der Waals surface area contributed by atoms with Crippen LogP contribution in [0.3, 0.4) is 0 Å². The highest BCUT2D eigenvalue weighted by atomic mass is 19.4. The quantitative estimate of drug-likeness (QED) is 0.717. The predicted octanol–water partition coefficient (Wildman–Crippen LogP) is 2.16. The number of nitrogens with one attached hydrogen (secondary N) is 3. The minimum Gasteiger partial charge on any atom is -0.376 e. The molecular formula is C15H20F3N3O2. The number of para-hydroxylation sites is 1. The first-order valence-electron chi connectivity index (χ1n) is 7.13. The van der Waals surface area contributed by atoms with Crippen molar-refractivity contribution in [2.24, 2.45) is 5.92 Å². The molecular weight excluding hydrogens is 311 g/mol. The van der Waals surface area contributed by atoms with Crippen LogP contribution < -0.4 is 16.0 Å². The van der Waals surface area contributed by atoms with Gasteiger partial charge in [0, 0.05) is 12.2 Å². The summed E-state index contributed by atoms with van der Waals surface area (Å²) in [5.41, 5.74) is 0.715. The number of benzene rings is 1. The van der Waals surface area contributed by atoms with Gasteiger partial charge in [0.1, 0.15) is 6.54 Å². The first kappa shape index (κ1) is 18.8. The summed E-state index contributed by atoms with van der Waals surface area (Å²) in [6.07, 6.45) is -4.45. The number of hydrogen-bond acceptors (Lipinski definition) is 3. The molecule has 1 rings (SSSR count). The van der Waals surface area contributed by atoms with Crippen molar-refractivity contribution in [3.8, 4) is 0 Å². The molecule has 0 radical (unpaired) electrons. The zero-order valence-corrected chi connectivity index (χ0v) is 13.0. The zero-order valence-electron chi connectivity index (χ0n) is 13.0. The largest absolute Gasteiger partial charge is 0.405 e.